The predicted octanol–water partition coefficient (Wildman–Crippen LogP) is 4.24. The maximum absolute atomic E-state index is 8.85. The Labute approximate surface area is 92.7 Å². The number of rotatable bonds is 5. The van der Waals surface area contributed by atoms with Crippen molar-refractivity contribution in [3.05, 3.63) is 35.4 Å². The first-order valence-corrected chi connectivity index (χ1v) is 5.81. The Kier molecular flexibility index (Phi) is 4.90. The second-order valence-electron chi connectivity index (χ2n) is 4.01. The SMILES string of the molecule is CCCC(CCC)c1cccc(C#N)c1. The van der Waals surface area contributed by atoms with Crippen LogP contribution in [-0.2, 0) is 0 Å². The van der Waals surface area contributed by atoms with Crippen LogP contribution in [0.2, 0.25) is 0 Å². The molecule has 0 heterocycles. The zero-order chi connectivity index (χ0) is 11.1. The molecule has 15 heavy (non-hydrogen) atoms. The molecule has 0 saturated carbocycles. The molecule has 0 atom stereocenters. The molecule has 0 aliphatic carbocycles. The molecule has 0 aromatic heterocycles. The average Bonchev–Trinajstić information content (AvgIpc) is 2.29. The monoisotopic (exact) mass is 201 g/mol. The number of nitriles is 1. The van der Waals surface area contributed by atoms with Crippen molar-refractivity contribution in [1.82, 2.24) is 0 Å². The lowest BCUT2D eigenvalue weighted by molar-refractivity contribution is 0.561. The molecule has 0 aliphatic heterocycles. The number of benzene rings is 1. The lowest BCUT2D eigenvalue weighted by atomic mass is 9.90. The fraction of sp³-hybridized carbons (Fsp3) is 0.500. The van der Waals surface area contributed by atoms with E-state index in [2.05, 4.69) is 26.0 Å². The molecule has 1 aromatic carbocycles. The standard InChI is InChI=1S/C14H19N/c1-3-6-13(7-4-2)14-9-5-8-12(10-14)11-15/h5,8-10,13H,3-4,6-7H2,1-2H3. The lowest BCUT2D eigenvalue weighted by Crippen LogP contribution is -1.98. The predicted molar refractivity (Wildman–Crippen MR) is 63.7 cm³/mol. The summed E-state index contributed by atoms with van der Waals surface area (Å²) in [5, 5.41) is 8.85. The van der Waals surface area contributed by atoms with Crippen LogP contribution in [0.25, 0.3) is 0 Å². The molecular weight excluding hydrogens is 182 g/mol. The minimum absolute atomic E-state index is 0.633. The summed E-state index contributed by atoms with van der Waals surface area (Å²) in [5.74, 6) is 0.633. The summed E-state index contributed by atoms with van der Waals surface area (Å²) >= 11 is 0. The normalized spacial score (nSPS) is 10.3. The first-order chi connectivity index (χ1) is 7.31. The Morgan fingerprint density at radius 1 is 1.20 bits per heavy atom. The first kappa shape index (κ1) is 11.8. The number of hydrogen-bond acceptors (Lipinski definition) is 1. The molecule has 0 N–H and O–H groups in total. The summed E-state index contributed by atoms with van der Waals surface area (Å²) in [5.41, 5.74) is 2.11. The van der Waals surface area contributed by atoms with Gasteiger partial charge in [0.1, 0.15) is 0 Å². The highest BCUT2D eigenvalue weighted by molar-refractivity contribution is 5.34. The van der Waals surface area contributed by atoms with Gasteiger partial charge in [-0.3, -0.25) is 0 Å². The Balaban J connectivity index is 2.85. The van der Waals surface area contributed by atoms with Crippen molar-refractivity contribution < 1.29 is 0 Å². The summed E-state index contributed by atoms with van der Waals surface area (Å²) in [4.78, 5) is 0. The quantitative estimate of drug-likeness (QED) is 0.699. The highest BCUT2D eigenvalue weighted by atomic mass is 14.2. The second-order valence-corrected chi connectivity index (χ2v) is 4.01. The zero-order valence-electron chi connectivity index (χ0n) is 9.66. The van der Waals surface area contributed by atoms with Gasteiger partial charge in [0, 0.05) is 0 Å². The molecule has 1 aromatic rings. The van der Waals surface area contributed by atoms with Gasteiger partial charge in [0.2, 0.25) is 0 Å². The van der Waals surface area contributed by atoms with Gasteiger partial charge in [0.25, 0.3) is 0 Å². The molecule has 1 nitrogen and oxygen atoms in total. The van der Waals surface area contributed by atoms with Crippen LogP contribution in [0.15, 0.2) is 24.3 Å². The lowest BCUT2D eigenvalue weighted by Gasteiger charge is -2.15. The molecule has 0 unspecified atom stereocenters. The molecule has 0 radical (unpaired) electrons. The zero-order valence-corrected chi connectivity index (χ0v) is 9.66. The van der Waals surface area contributed by atoms with E-state index in [0.29, 0.717) is 5.92 Å². The molecule has 80 valence electrons. The maximum Gasteiger partial charge on any atom is 0.0991 e. The van der Waals surface area contributed by atoms with Crippen molar-refractivity contribution >= 4 is 0 Å². The topological polar surface area (TPSA) is 23.8 Å². The summed E-state index contributed by atoms with van der Waals surface area (Å²) in [6.07, 6.45) is 4.87. The Morgan fingerprint density at radius 3 is 2.40 bits per heavy atom. The van der Waals surface area contributed by atoms with Gasteiger partial charge in [-0.1, -0.05) is 38.8 Å². The van der Waals surface area contributed by atoms with E-state index in [1.807, 2.05) is 18.2 Å². The van der Waals surface area contributed by atoms with Gasteiger partial charge in [-0.25, -0.2) is 0 Å². The largest absolute Gasteiger partial charge is 0.192 e. The fourth-order valence-corrected chi connectivity index (χ4v) is 2.04. The van der Waals surface area contributed by atoms with E-state index in [1.165, 1.54) is 31.2 Å². The minimum atomic E-state index is 0.633. The van der Waals surface area contributed by atoms with E-state index in [9.17, 15) is 0 Å². The van der Waals surface area contributed by atoms with E-state index in [1.54, 1.807) is 0 Å². The maximum atomic E-state index is 8.85. The first-order valence-electron chi connectivity index (χ1n) is 5.81. The Hall–Kier alpha value is -1.29. The van der Waals surface area contributed by atoms with Gasteiger partial charge in [-0.2, -0.15) is 5.26 Å². The van der Waals surface area contributed by atoms with Gasteiger partial charge in [-0.15, -0.1) is 0 Å². The van der Waals surface area contributed by atoms with Crippen molar-refractivity contribution in [2.24, 2.45) is 0 Å². The molecule has 0 spiro atoms. The van der Waals surface area contributed by atoms with E-state index < -0.39 is 0 Å². The van der Waals surface area contributed by atoms with Crippen molar-refractivity contribution in [1.29, 1.82) is 5.26 Å². The van der Waals surface area contributed by atoms with Crippen LogP contribution >= 0.6 is 0 Å². The fourth-order valence-electron chi connectivity index (χ4n) is 2.04. The number of hydrogen-bond donors (Lipinski definition) is 0. The molecule has 0 aliphatic rings. The third-order valence-electron chi connectivity index (χ3n) is 2.76. The van der Waals surface area contributed by atoms with E-state index in [0.717, 1.165) is 5.56 Å². The van der Waals surface area contributed by atoms with Crippen LogP contribution in [0.3, 0.4) is 0 Å². The smallest absolute Gasteiger partial charge is 0.0991 e. The summed E-state index contributed by atoms with van der Waals surface area (Å²) < 4.78 is 0. The number of nitrogens with zero attached hydrogens (tertiary/aromatic N) is 1. The molecule has 0 amide bonds. The van der Waals surface area contributed by atoms with Crippen molar-refractivity contribution in [2.45, 2.75) is 45.4 Å². The average molecular weight is 201 g/mol. The molecule has 0 bridgehead atoms. The molecular formula is C14H19N. The molecule has 0 saturated heterocycles. The van der Waals surface area contributed by atoms with Crippen LogP contribution in [0, 0.1) is 11.3 Å². The Bertz CT molecular complexity index is 329. The Morgan fingerprint density at radius 2 is 1.87 bits per heavy atom. The minimum Gasteiger partial charge on any atom is -0.192 e. The molecule has 1 rings (SSSR count). The highest BCUT2D eigenvalue weighted by Crippen LogP contribution is 2.26. The van der Waals surface area contributed by atoms with E-state index >= 15 is 0 Å². The van der Waals surface area contributed by atoms with Crippen LogP contribution in [0.4, 0.5) is 0 Å². The van der Waals surface area contributed by atoms with Crippen molar-refractivity contribution in [3.8, 4) is 6.07 Å². The summed E-state index contributed by atoms with van der Waals surface area (Å²) in [7, 11) is 0. The van der Waals surface area contributed by atoms with Gasteiger partial charge in [-0.05, 0) is 36.5 Å². The van der Waals surface area contributed by atoms with Gasteiger partial charge in [0.05, 0.1) is 11.6 Å². The van der Waals surface area contributed by atoms with Crippen LogP contribution in [0.5, 0.6) is 0 Å². The van der Waals surface area contributed by atoms with Crippen LogP contribution < -0.4 is 0 Å². The summed E-state index contributed by atoms with van der Waals surface area (Å²) in [6.45, 7) is 4.44. The second kappa shape index (κ2) is 6.24. The summed E-state index contributed by atoms with van der Waals surface area (Å²) in [6, 6.07) is 10.3. The molecule has 0 fully saturated rings. The molecule has 1 heteroatoms. The van der Waals surface area contributed by atoms with Crippen molar-refractivity contribution in [3.63, 3.8) is 0 Å². The van der Waals surface area contributed by atoms with E-state index in [-0.39, 0.29) is 0 Å². The van der Waals surface area contributed by atoms with Crippen molar-refractivity contribution in [2.75, 3.05) is 0 Å². The third kappa shape index (κ3) is 3.40. The highest BCUT2D eigenvalue weighted by Gasteiger charge is 2.09. The van der Waals surface area contributed by atoms with Crippen LogP contribution in [0.1, 0.15) is 56.6 Å². The van der Waals surface area contributed by atoms with Gasteiger partial charge >= 0.3 is 0 Å². The van der Waals surface area contributed by atoms with Gasteiger partial charge in [0.15, 0.2) is 0 Å². The van der Waals surface area contributed by atoms with Crippen LogP contribution in [-0.4, -0.2) is 0 Å². The van der Waals surface area contributed by atoms with Gasteiger partial charge < -0.3 is 0 Å². The van der Waals surface area contributed by atoms with E-state index in [4.69, 9.17) is 5.26 Å². The third-order valence-corrected chi connectivity index (χ3v) is 2.76.